The molecule has 0 saturated heterocycles. The van der Waals surface area contributed by atoms with Gasteiger partial charge < -0.3 is 10.1 Å². The van der Waals surface area contributed by atoms with Gasteiger partial charge in [0.05, 0.1) is 0 Å². The van der Waals surface area contributed by atoms with E-state index in [-0.39, 0.29) is 0 Å². The van der Waals surface area contributed by atoms with Gasteiger partial charge in [-0.3, -0.25) is 5.10 Å². The fourth-order valence-electron chi connectivity index (χ4n) is 2.09. The zero-order valence-corrected chi connectivity index (χ0v) is 12.3. The second kappa shape index (κ2) is 7.70. The van der Waals surface area contributed by atoms with Crippen molar-refractivity contribution in [1.82, 2.24) is 15.5 Å². The molecule has 0 aliphatic heterocycles. The Hall–Kier alpha value is -1.81. The number of benzene rings is 1. The first-order valence-corrected chi connectivity index (χ1v) is 7.22. The molecule has 2 rings (SSSR count). The van der Waals surface area contributed by atoms with Gasteiger partial charge in [-0.2, -0.15) is 0 Å². The second-order valence-corrected chi connectivity index (χ2v) is 4.95. The van der Waals surface area contributed by atoms with Crippen LogP contribution >= 0.6 is 0 Å². The lowest BCUT2D eigenvalue weighted by Gasteiger charge is -2.10. The van der Waals surface area contributed by atoms with Gasteiger partial charge in [0.2, 0.25) is 5.88 Å². The molecule has 0 amide bonds. The molecule has 0 bridgehead atoms. The molecule has 0 atom stereocenters. The van der Waals surface area contributed by atoms with Crippen LogP contribution in [-0.2, 0) is 13.0 Å². The number of ether oxygens (including phenoxy) is 1. The van der Waals surface area contributed by atoms with Crippen LogP contribution in [0.4, 0.5) is 0 Å². The third-order valence-electron chi connectivity index (χ3n) is 3.17. The Morgan fingerprint density at radius 2 is 2.00 bits per heavy atom. The van der Waals surface area contributed by atoms with Gasteiger partial charge >= 0.3 is 0 Å². The first-order chi connectivity index (χ1) is 9.79. The van der Waals surface area contributed by atoms with Crippen LogP contribution in [0, 0.1) is 6.92 Å². The van der Waals surface area contributed by atoms with Gasteiger partial charge in [0.1, 0.15) is 6.61 Å². The van der Waals surface area contributed by atoms with Gasteiger partial charge in [-0.25, -0.2) is 0 Å². The summed E-state index contributed by atoms with van der Waals surface area (Å²) < 4.78 is 5.72. The van der Waals surface area contributed by atoms with Crippen molar-refractivity contribution in [3.63, 3.8) is 0 Å². The maximum Gasteiger partial charge on any atom is 0.233 e. The Balaban J connectivity index is 1.90. The molecular formula is C16H23N3O. The van der Waals surface area contributed by atoms with E-state index in [4.69, 9.17) is 4.74 Å². The topological polar surface area (TPSA) is 49.9 Å². The maximum atomic E-state index is 5.72. The minimum absolute atomic E-state index is 0.564. The molecule has 4 nitrogen and oxygen atoms in total. The van der Waals surface area contributed by atoms with Crippen molar-refractivity contribution in [2.75, 3.05) is 13.1 Å². The average Bonchev–Trinajstić information content (AvgIpc) is 2.88. The molecule has 108 valence electrons. The van der Waals surface area contributed by atoms with Crippen LogP contribution in [-0.4, -0.2) is 23.3 Å². The number of nitrogens with one attached hydrogen (secondary N) is 2. The molecule has 4 heteroatoms. The number of nitrogens with zero attached hydrogens (tertiary/aromatic N) is 1. The summed E-state index contributed by atoms with van der Waals surface area (Å²) in [5.74, 6) is 0.654. The summed E-state index contributed by atoms with van der Waals surface area (Å²) in [5.41, 5.74) is 3.58. The van der Waals surface area contributed by atoms with Crippen molar-refractivity contribution in [2.45, 2.75) is 33.3 Å². The van der Waals surface area contributed by atoms with E-state index in [2.05, 4.69) is 46.7 Å². The molecular weight excluding hydrogens is 250 g/mol. The first-order valence-electron chi connectivity index (χ1n) is 7.22. The minimum atomic E-state index is 0.564. The third kappa shape index (κ3) is 4.38. The summed E-state index contributed by atoms with van der Waals surface area (Å²) in [4.78, 5) is 0. The first kappa shape index (κ1) is 14.6. The van der Waals surface area contributed by atoms with E-state index in [1.807, 2.05) is 13.0 Å². The van der Waals surface area contributed by atoms with E-state index in [1.165, 1.54) is 17.5 Å². The quantitative estimate of drug-likeness (QED) is 0.727. The van der Waals surface area contributed by atoms with Crippen molar-refractivity contribution < 1.29 is 4.74 Å². The zero-order chi connectivity index (χ0) is 14.2. The average molecular weight is 273 g/mol. The lowest BCUT2D eigenvalue weighted by atomic mass is 10.1. The van der Waals surface area contributed by atoms with Crippen molar-refractivity contribution in [3.8, 4) is 5.88 Å². The summed E-state index contributed by atoms with van der Waals surface area (Å²) in [5, 5.41) is 10.4. The second-order valence-electron chi connectivity index (χ2n) is 4.95. The molecule has 1 aromatic heterocycles. The monoisotopic (exact) mass is 273 g/mol. The van der Waals surface area contributed by atoms with E-state index in [0.717, 1.165) is 25.2 Å². The molecule has 20 heavy (non-hydrogen) atoms. The van der Waals surface area contributed by atoms with Gasteiger partial charge in [-0.1, -0.05) is 31.2 Å². The lowest BCUT2D eigenvalue weighted by molar-refractivity contribution is 0.292. The number of hydrogen-bond acceptors (Lipinski definition) is 3. The van der Waals surface area contributed by atoms with Crippen LogP contribution in [0.1, 0.15) is 30.2 Å². The molecule has 0 radical (unpaired) electrons. The number of rotatable bonds is 8. The fraction of sp³-hybridized carbons (Fsp3) is 0.438. The molecule has 2 N–H and O–H groups in total. The van der Waals surface area contributed by atoms with E-state index >= 15 is 0 Å². The van der Waals surface area contributed by atoms with E-state index in [0.29, 0.717) is 12.5 Å². The highest BCUT2D eigenvalue weighted by atomic mass is 16.5. The highest BCUT2D eigenvalue weighted by Gasteiger charge is 2.04. The summed E-state index contributed by atoms with van der Waals surface area (Å²) in [6.07, 6.45) is 2.20. The predicted molar refractivity (Wildman–Crippen MR) is 81.0 cm³/mol. The Morgan fingerprint density at radius 1 is 1.20 bits per heavy atom. The van der Waals surface area contributed by atoms with Crippen molar-refractivity contribution in [3.05, 3.63) is 47.2 Å². The number of aromatic amines is 1. The van der Waals surface area contributed by atoms with E-state index in [1.54, 1.807) is 0 Å². The normalized spacial score (nSPS) is 10.7. The minimum Gasteiger partial charge on any atom is -0.472 e. The molecule has 2 aromatic rings. The molecule has 0 aliphatic rings. The highest BCUT2D eigenvalue weighted by molar-refractivity contribution is 5.27. The molecule has 0 spiro atoms. The largest absolute Gasteiger partial charge is 0.472 e. The Labute approximate surface area is 120 Å². The van der Waals surface area contributed by atoms with E-state index < -0.39 is 0 Å². The van der Waals surface area contributed by atoms with Gasteiger partial charge in [-0.15, -0.1) is 5.10 Å². The Morgan fingerprint density at radius 3 is 2.70 bits per heavy atom. The third-order valence-corrected chi connectivity index (χ3v) is 3.17. The van der Waals surface area contributed by atoms with Gasteiger partial charge in [-0.05, 0) is 44.0 Å². The molecule has 0 fully saturated rings. The summed E-state index contributed by atoms with van der Waals surface area (Å²) in [6.45, 7) is 6.79. The van der Waals surface area contributed by atoms with Gasteiger partial charge in [0.25, 0.3) is 0 Å². The summed E-state index contributed by atoms with van der Waals surface area (Å²) in [6, 6.07) is 10.3. The van der Waals surface area contributed by atoms with Crippen molar-refractivity contribution in [1.29, 1.82) is 0 Å². The van der Waals surface area contributed by atoms with Gasteiger partial charge in [0.15, 0.2) is 0 Å². The Kier molecular flexibility index (Phi) is 5.62. The number of aromatic nitrogens is 2. The molecule has 0 aliphatic carbocycles. The Bertz CT molecular complexity index is 522. The lowest BCUT2D eigenvalue weighted by Crippen LogP contribution is -2.18. The molecule has 0 unspecified atom stereocenters. The smallest absolute Gasteiger partial charge is 0.233 e. The molecule has 1 aromatic carbocycles. The van der Waals surface area contributed by atoms with Crippen LogP contribution in [0.5, 0.6) is 5.88 Å². The number of aryl methyl sites for hydroxylation is 1. The van der Waals surface area contributed by atoms with Crippen LogP contribution in [0.3, 0.4) is 0 Å². The SMILES string of the molecule is CCCNCCc1ccccc1COc1cc(C)[nH]n1. The van der Waals surface area contributed by atoms with Gasteiger partial charge in [0, 0.05) is 11.8 Å². The standard InChI is InChI=1S/C16H23N3O/c1-3-9-17-10-8-14-6-4-5-7-15(14)12-20-16-11-13(2)18-19-16/h4-7,11,17H,3,8-10,12H2,1-2H3,(H,18,19). The van der Waals surface area contributed by atoms with Crippen LogP contribution in [0.2, 0.25) is 0 Å². The molecule has 0 saturated carbocycles. The molecule has 1 heterocycles. The van der Waals surface area contributed by atoms with Crippen LogP contribution < -0.4 is 10.1 Å². The van der Waals surface area contributed by atoms with Crippen LogP contribution in [0.25, 0.3) is 0 Å². The fourth-order valence-corrected chi connectivity index (χ4v) is 2.09. The maximum absolute atomic E-state index is 5.72. The predicted octanol–water partition coefficient (Wildman–Crippen LogP) is 2.84. The highest BCUT2D eigenvalue weighted by Crippen LogP contribution is 2.14. The number of H-pyrrole nitrogens is 1. The van der Waals surface area contributed by atoms with Crippen LogP contribution in [0.15, 0.2) is 30.3 Å². The van der Waals surface area contributed by atoms with Crippen molar-refractivity contribution >= 4 is 0 Å². The number of hydrogen-bond donors (Lipinski definition) is 2. The summed E-state index contributed by atoms with van der Waals surface area (Å²) in [7, 11) is 0. The summed E-state index contributed by atoms with van der Waals surface area (Å²) >= 11 is 0. The van der Waals surface area contributed by atoms with E-state index in [9.17, 15) is 0 Å². The van der Waals surface area contributed by atoms with Crippen molar-refractivity contribution in [2.24, 2.45) is 0 Å². The zero-order valence-electron chi connectivity index (χ0n) is 12.3.